The predicted octanol–water partition coefficient (Wildman–Crippen LogP) is 1.66. The van der Waals surface area contributed by atoms with E-state index in [0.717, 1.165) is 5.56 Å². The number of hydrogen-bond donors (Lipinski definition) is 3. The molecule has 3 heterocycles. The van der Waals surface area contributed by atoms with Crippen molar-refractivity contribution in [1.82, 2.24) is 19.5 Å². The van der Waals surface area contributed by atoms with Gasteiger partial charge in [-0.05, 0) is 11.1 Å². The van der Waals surface area contributed by atoms with Gasteiger partial charge in [0.05, 0.1) is 12.9 Å². The van der Waals surface area contributed by atoms with Crippen molar-refractivity contribution in [2.75, 3.05) is 11.9 Å². The molecule has 34 heavy (non-hydrogen) atoms. The number of esters is 1. The van der Waals surface area contributed by atoms with E-state index in [1.165, 1.54) is 17.0 Å². The van der Waals surface area contributed by atoms with Crippen LogP contribution < -0.4 is 10.9 Å². The van der Waals surface area contributed by atoms with E-state index in [4.69, 9.17) is 9.47 Å². The standard InChI is InChI=1S/C23H25N5O6/c1-13(2)21(31)26-23-25-20-19(22(32)27-23)24-12-28(20)17-8-15(16(10-29)34-17)9-18(30)33-11-14-6-4-3-5-7-14/h3-7,9,12-13,16-17,29H,8,10-11H2,1-2H3,(H2,25,26,27,31,32)/b15-9+. The molecule has 4 rings (SSSR count). The lowest BCUT2D eigenvalue weighted by molar-refractivity contribution is -0.139. The van der Waals surface area contributed by atoms with Gasteiger partial charge in [0.1, 0.15) is 18.9 Å². The number of aliphatic hydroxyl groups is 1. The second kappa shape index (κ2) is 9.98. The minimum Gasteiger partial charge on any atom is -0.458 e. The molecular weight excluding hydrogens is 442 g/mol. The number of nitrogens with one attached hydrogen (secondary N) is 2. The minimum atomic E-state index is -0.728. The number of benzene rings is 1. The quantitative estimate of drug-likeness (QED) is 0.351. The lowest BCUT2D eigenvalue weighted by Gasteiger charge is -2.14. The molecule has 11 heteroatoms. The number of carbonyl (C=O) groups is 2. The monoisotopic (exact) mass is 467 g/mol. The summed E-state index contributed by atoms with van der Waals surface area (Å²) in [4.78, 5) is 47.7. The summed E-state index contributed by atoms with van der Waals surface area (Å²) in [6, 6.07) is 9.28. The van der Waals surface area contributed by atoms with E-state index in [0.29, 0.717) is 5.57 Å². The first kappa shape index (κ1) is 23.3. The van der Waals surface area contributed by atoms with Crippen LogP contribution in [0.5, 0.6) is 0 Å². The van der Waals surface area contributed by atoms with Gasteiger partial charge in [-0.3, -0.25) is 24.5 Å². The van der Waals surface area contributed by atoms with Gasteiger partial charge in [0.15, 0.2) is 11.2 Å². The van der Waals surface area contributed by atoms with Crippen LogP contribution in [0.3, 0.4) is 0 Å². The molecule has 1 saturated heterocycles. The molecule has 0 saturated carbocycles. The number of fused-ring (bicyclic) bond motifs is 1. The maximum atomic E-state index is 12.4. The van der Waals surface area contributed by atoms with E-state index in [-0.39, 0.29) is 48.6 Å². The van der Waals surface area contributed by atoms with Crippen LogP contribution in [0.4, 0.5) is 5.95 Å². The maximum Gasteiger partial charge on any atom is 0.331 e. The number of amides is 1. The zero-order valence-corrected chi connectivity index (χ0v) is 18.7. The number of aliphatic hydroxyl groups excluding tert-OH is 1. The lowest BCUT2D eigenvalue weighted by atomic mass is 10.1. The first-order chi connectivity index (χ1) is 16.4. The summed E-state index contributed by atoms with van der Waals surface area (Å²) in [5.74, 6) is -1.16. The van der Waals surface area contributed by atoms with Crippen molar-refractivity contribution < 1.29 is 24.2 Å². The summed E-state index contributed by atoms with van der Waals surface area (Å²) in [5, 5.41) is 12.3. The summed E-state index contributed by atoms with van der Waals surface area (Å²) < 4.78 is 12.7. The first-order valence-corrected chi connectivity index (χ1v) is 10.8. The molecule has 11 nitrogen and oxygen atoms in total. The number of ether oxygens (including phenoxy) is 2. The van der Waals surface area contributed by atoms with Crippen molar-refractivity contribution in [1.29, 1.82) is 0 Å². The number of nitrogens with zero attached hydrogens (tertiary/aromatic N) is 3. The fourth-order valence-corrected chi connectivity index (χ4v) is 3.51. The molecule has 2 aromatic heterocycles. The molecular formula is C23H25N5O6. The van der Waals surface area contributed by atoms with Gasteiger partial charge in [0.2, 0.25) is 11.9 Å². The van der Waals surface area contributed by atoms with E-state index in [1.807, 2.05) is 30.3 Å². The number of hydrogen-bond acceptors (Lipinski definition) is 8. The molecule has 1 aliphatic rings. The maximum absolute atomic E-state index is 12.4. The third kappa shape index (κ3) is 5.05. The molecule has 1 aliphatic heterocycles. The van der Waals surface area contributed by atoms with E-state index in [1.54, 1.807) is 13.8 Å². The average molecular weight is 467 g/mol. The number of rotatable bonds is 7. The van der Waals surface area contributed by atoms with Crippen molar-refractivity contribution in [3.05, 3.63) is 64.2 Å². The van der Waals surface area contributed by atoms with Crippen LogP contribution in [0, 0.1) is 5.92 Å². The van der Waals surface area contributed by atoms with Crippen LogP contribution in [0.1, 0.15) is 32.1 Å². The highest BCUT2D eigenvalue weighted by molar-refractivity contribution is 5.91. The van der Waals surface area contributed by atoms with Crippen LogP contribution >= 0.6 is 0 Å². The minimum absolute atomic E-state index is 0.00471. The molecule has 3 aromatic rings. The van der Waals surface area contributed by atoms with Gasteiger partial charge in [0, 0.05) is 18.4 Å². The van der Waals surface area contributed by atoms with E-state index >= 15 is 0 Å². The zero-order valence-electron chi connectivity index (χ0n) is 18.7. The molecule has 3 N–H and O–H groups in total. The summed E-state index contributed by atoms with van der Waals surface area (Å²) in [5.41, 5.74) is 1.17. The lowest BCUT2D eigenvalue weighted by Crippen LogP contribution is -2.22. The van der Waals surface area contributed by atoms with E-state index in [2.05, 4.69) is 20.3 Å². The van der Waals surface area contributed by atoms with Crippen LogP contribution in [0.25, 0.3) is 11.2 Å². The number of aromatic amines is 1. The van der Waals surface area contributed by atoms with Gasteiger partial charge >= 0.3 is 5.97 Å². The van der Waals surface area contributed by atoms with Crippen molar-refractivity contribution in [3.8, 4) is 0 Å². The predicted molar refractivity (Wildman–Crippen MR) is 122 cm³/mol. The Morgan fingerprint density at radius 3 is 2.82 bits per heavy atom. The molecule has 0 radical (unpaired) electrons. The highest BCUT2D eigenvalue weighted by Crippen LogP contribution is 2.34. The molecule has 0 bridgehead atoms. The number of H-pyrrole nitrogens is 1. The van der Waals surface area contributed by atoms with Crippen LogP contribution in [-0.2, 0) is 25.7 Å². The summed E-state index contributed by atoms with van der Waals surface area (Å²) in [6.07, 6.45) is 1.57. The Kier molecular flexibility index (Phi) is 6.85. The van der Waals surface area contributed by atoms with Crippen molar-refractivity contribution in [3.63, 3.8) is 0 Å². The van der Waals surface area contributed by atoms with E-state index < -0.39 is 23.9 Å². The molecule has 178 valence electrons. The Hall–Kier alpha value is -3.83. The summed E-state index contributed by atoms with van der Waals surface area (Å²) in [6.45, 7) is 3.22. The first-order valence-electron chi connectivity index (χ1n) is 10.8. The Morgan fingerprint density at radius 2 is 2.12 bits per heavy atom. The third-order valence-corrected chi connectivity index (χ3v) is 5.35. The molecule has 1 amide bonds. The van der Waals surface area contributed by atoms with Crippen molar-refractivity contribution >= 4 is 29.0 Å². The van der Waals surface area contributed by atoms with Crippen LogP contribution in [-0.4, -0.2) is 49.2 Å². The Labute approximate surface area is 194 Å². The van der Waals surface area contributed by atoms with Gasteiger partial charge in [0.25, 0.3) is 5.56 Å². The Morgan fingerprint density at radius 1 is 1.35 bits per heavy atom. The topological polar surface area (TPSA) is 148 Å². The third-order valence-electron chi connectivity index (χ3n) is 5.35. The Balaban J connectivity index is 1.54. The fourth-order valence-electron chi connectivity index (χ4n) is 3.51. The summed E-state index contributed by atoms with van der Waals surface area (Å²) in [7, 11) is 0. The molecule has 2 atom stereocenters. The summed E-state index contributed by atoms with van der Waals surface area (Å²) >= 11 is 0. The molecule has 1 fully saturated rings. The normalized spacial score (nSPS) is 19.1. The number of carbonyl (C=O) groups excluding carboxylic acids is 2. The fraction of sp³-hybridized carbons (Fsp3) is 0.348. The Bertz CT molecular complexity index is 1280. The van der Waals surface area contributed by atoms with Gasteiger partial charge in [-0.15, -0.1) is 0 Å². The largest absolute Gasteiger partial charge is 0.458 e. The molecule has 2 unspecified atom stereocenters. The van der Waals surface area contributed by atoms with Gasteiger partial charge in [-0.2, -0.15) is 4.98 Å². The van der Waals surface area contributed by atoms with Gasteiger partial charge in [-0.25, -0.2) is 9.78 Å². The number of anilines is 1. The highest BCUT2D eigenvalue weighted by Gasteiger charge is 2.33. The number of imidazole rings is 1. The average Bonchev–Trinajstić information content (AvgIpc) is 3.42. The van der Waals surface area contributed by atoms with Gasteiger partial charge < -0.3 is 14.6 Å². The SMILES string of the molecule is CC(C)C(=O)Nc1nc2c(ncn2C2C/C(=C\C(=O)OCc3ccccc3)C(CO)O2)c(=O)[nH]1. The van der Waals surface area contributed by atoms with E-state index in [9.17, 15) is 19.5 Å². The zero-order chi connectivity index (χ0) is 24.2. The van der Waals surface area contributed by atoms with Crippen molar-refractivity contribution in [2.45, 2.75) is 39.2 Å². The second-order valence-electron chi connectivity index (χ2n) is 8.16. The second-order valence-corrected chi connectivity index (χ2v) is 8.16. The molecule has 0 spiro atoms. The van der Waals surface area contributed by atoms with Crippen LogP contribution in [0.15, 0.2) is 53.1 Å². The molecule has 1 aromatic carbocycles. The highest BCUT2D eigenvalue weighted by atomic mass is 16.5. The smallest absolute Gasteiger partial charge is 0.331 e. The molecule has 0 aliphatic carbocycles. The van der Waals surface area contributed by atoms with Crippen LogP contribution in [0.2, 0.25) is 0 Å². The van der Waals surface area contributed by atoms with Gasteiger partial charge in [-0.1, -0.05) is 44.2 Å². The number of aromatic nitrogens is 4. The van der Waals surface area contributed by atoms with Crippen molar-refractivity contribution in [2.24, 2.45) is 5.92 Å².